The maximum absolute atomic E-state index is 13.6. The predicted octanol–water partition coefficient (Wildman–Crippen LogP) is 4.37. The van der Waals surface area contributed by atoms with Gasteiger partial charge in [0.05, 0.1) is 37.3 Å². The van der Waals surface area contributed by atoms with Crippen LogP contribution in [-0.2, 0) is 16.1 Å². The molecular weight excluding hydrogens is 496 g/mol. The summed E-state index contributed by atoms with van der Waals surface area (Å²) >= 11 is 0. The summed E-state index contributed by atoms with van der Waals surface area (Å²) in [6.45, 7) is 7.38. The van der Waals surface area contributed by atoms with Crippen molar-refractivity contribution in [2.45, 2.75) is 82.7 Å². The molecule has 39 heavy (non-hydrogen) atoms. The van der Waals surface area contributed by atoms with Gasteiger partial charge in [-0.25, -0.2) is 0 Å². The molecule has 0 spiro atoms. The van der Waals surface area contributed by atoms with Crippen LogP contribution in [0.3, 0.4) is 0 Å². The van der Waals surface area contributed by atoms with E-state index >= 15 is 0 Å². The number of carbonyl (C=O) groups excluding carboxylic acids is 2. The molecule has 0 saturated carbocycles. The topological polar surface area (TPSA) is 113 Å². The van der Waals surface area contributed by atoms with Crippen LogP contribution in [-0.4, -0.2) is 47.0 Å². The molecule has 5 aliphatic heterocycles. The van der Waals surface area contributed by atoms with Crippen molar-refractivity contribution in [3.63, 3.8) is 0 Å². The first kappa shape index (κ1) is 25.7. The van der Waals surface area contributed by atoms with Crippen molar-refractivity contribution in [3.8, 4) is 11.5 Å². The van der Waals surface area contributed by atoms with E-state index in [1.54, 1.807) is 17.0 Å². The zero-order valence-corrected chi connectivity index (χ0v) is 22.8. The molecule has 0 aromatic heterocycles. The minimum atomic E-state index is -0.536. The smallest absolute Gasteiger partial charge is 0.251 e. The van der Waals surface area contributed by atoms with E-state index in [1.807, 2.05) is 39.0 Å². The average Bonchev–Trinajstić information content (AvgIpc) is 2.90. The number of nitrogens with zero attached hydrogens (tertiary/aromatic N) is 1. The van der Waals surface area contributed by atoms with Crippen LogP contribution in [0.25, 0.3) is 0 Å². The van der Waals surface area contributed by atoms with Gasteiger partial charge in [0.15, 0.2) is 5.96 Å². The fourth-order valence-corrected chi connectivity index (χ4v) is 6.33. The molecule has 7 rings (SSSR count). The lowest BCUT2D eigenvalue weighted by Crippen LogP contribution is -2.63. The summed E-state index contributed by atoms with van der Waals surface area (Å²) in [6, 6.07) is 10.8. The highest BCUT2D eigenvalue weighted by Gasteiger charge is 2.44. The number of carbonyl (C=O) groups is 2. The Morgan fingerprint density at radius 3 is 2.69 bits per heavy atom. The maximum atomic E-state index is 13.6. The van der Waals surface area contributed by atoms with E-state index < -0.39 is 11.1 Å². The van der Waals surface area contributed by atoms with Crippen LogP contribution in [0, 0.1) is 5.41 Å². The summed E-state index contributed by atoms with van der Waals surface area (Å²) in [5, 5.41) is 15.4. The molecule has 9 nitrogen and oxygen atoms in total. The fraction of sp³-hybridized carbons (Fsp3) is 0.500. The second-order valence-corrected chi connectivity index (χ2v) is 11.7. The van der Waals surface area contributed by atoms with Crippen molar-refractivity contribution in [2.24, 2.45) is 0 Å². The minimum absolute atomic E-state index is 0.0894. The summed E-state index contributed by atoms with van der Waals surface area (Å²) < 4.78 is 18.2. The third-order valence-electron chi connectivity index (χ3n) is 8.48. The van der Waals surface area contributed by atoms with E-state index in [1.165, 1.54) is 0 Å². The Labute approximate surface area is 228 Å². The number of benzene rings is 2. The van der Waals surface area contributed by atoms with Crippen molar-refractivity contribution < 1.29 is 23.8 Å². The Morgan fingerprint density at radius 2 is 1.90 bits per heavy atom. The molecule has 2 amide bonds. The fourth-order valence-electron chi connectivity index (χ4n) is 6.33. The summed E-state index contributed by atoms with van der Waals surface area (Å²) in [5.41, 5.74) is 2.19. The number of nitrogens with one attached hydrogen (secondary N) is 3. The van der Waals surface area contributed by atoms with E-state index in [4.69, 9.17) is 19.6 Å². The SMILES string of the molecule is CC[C@]12CCOCc3ccc4c(c3)[C@H](CC(C)(C)O4)NC(=O)c3ccc4c(c3)[C@@H](CCO4)N(C(=N)N1)C(=O)C2. The van der Waals surface area contributed by atoms with Crippen LogP contribution >= 0.6 is 0 Å². The number of ether oxygens (including phenoxy) is 3. The molecule has 0 radical (unpaired) electrons. The second kappa shape index (κ2) is 9.55. The largest absolute Gasteiger partial charge is 0.493 e. The Balaban J connectivity index is 1.42. The Morgan fingerprint density at radius 1 is 1.08 bits per heavy atom. The van der Waals surface area contributed by atoms with Crippen molar-refractivity contribution >= 4 is 17.8 Å². The summed E-state index contributed by atoms with van der Waals surface area (Å²) in [7, 11) is 0. The molecule has 1 saturated heterocycles. The minimum Gasteiger partial charge on any atom is -0.493 e. The maximum Gasteiger partial charge on any atom is 0.251 e. The van der Waals surface area contributed by atoms with E-state index in [0.717, 1.165) is 22.4 Å². The molecule has 1 fully saturated rings. The Kier molecular flexibility index (Phi) is 6.29. The number of hydrogen-bond acceptors (Lipinski definition) is 6. The number of guanidine groups is 1. The molecule has 6 bridgehead atoms. The lowest BCUT2D eigenvalue weighted by molar-refractivity contribution is -0.133. The molecule has 206 valence electrons. The monoisotopic (exact) mass is 532 g/mol. The van der Waals surface area contributed by atoms with Gasteiger partial charge in [-0.2, -0.15) is 0 Å². The first-order valence-corrected chi connectivity index (χ1v) is 13.8. The van der Waals surface area contributed by atoms with Crippen molar-refractivity contribution in [3.05, 3.63) is 58.7 Å². The molecular formula is C30H36N4O5. The highest BCUT2D eigenvalue weighted by atomic mass is 16.5. The van der Waals surface area contributed by atoms with E-state index in [0.29, 0.717) is 56.8 Å². The Bertz CT molecular complexity index is 1320. The third-order valence-corrected chi connectivity index (χ3v) is 8.48. The quantitative estimate of drug-likeness (QED) is 0.503. The zero-order chi connectivity index (χ0) is 27.4. The number of amides is 2. The van der Waals surface area contributed by atoms with Crippen LogP contribution in [0.1, 0.15) is 92.0 Å². The summed E-state index contributed by atoms with van der Waals surface area (Å²) in [6.07, 6.45) is 2.74. The average molecular weight is 533 g/mol. The zero-order valence-electron chi connectivity index (χ0n) is 22.8. The summed E-state index contributed by atoms with van der Waals surface area (Å²) in [5.74, 6) is 1.19. The van der Waals surface area contributed by atoms with E-state index in [-0.39, 0.29) is 36.3 Å². The standard InChI is InChI=1S/C30H36N4O5/c1-4-30-10-12-37-17-18-5-7-25-20(13-18)22(15-29(2,3)39-25)32-27(36)19-6-8-24-21(14-19)23(9-11-38-24)34(26(35)16-30)28(31)33-30/h5-8,13-14,22-23H,4,9-12,15-17H2,1-3H3,(H2,31,33)(H,32,36)/t22-,23+,30+/m0/s1. The highest BCUT2D eigenvalue weighted by molar-refractivity contribution is 6.00. The lowest BCUT2D eigenvalue weighted by Gasteiger charge is -2.46. The molecule has 3 N–H and O–H groups in total. The van der Waals surface area contributed by atoms with Gasteiger partial charge < -0.3 is 24.8 Å². The molecule has 0 aliphatic carbocycles. The second-order valence-electron chi connectivity index (χ2n) is 11.7. The molecule has 0 unspecified atom stereocenters. The Hall–Kier alpha value is -3.59. The number of fused-ring (bicyclic) bond motifs is 6. The van der Waals surface area contributed by atoms with Crippen LogP contribution in [0.2, 0.25) is 0 Å². The first-order valence-electron chi connectivity index (χ1n) is 13.8. The van der Waals surface area contributed by atoms with Gasteiger partial charge in [-0.3, -0.25) is 19.9 Å². The van der Waals surface area contributed by atoms with Gasteiger partial charge in [-0.1, -0.05) is 13.0 Å². The number of rotatable bonds is 1. The molecule has 2 aromatic rings. The van der Waals surface area contributed by atoms with Crippen molar-refractivity contribution in [1.29, 1.82) is 5.41 Å². The van der Waals surface area contributed by atoms with Crippen LogP contribution in [0.15, 0.2) is 36.4 Å². The third kappa shape index (κ3) is 4.73. The molecule has 5 heterocycles. The lowest BCUT2D eigenvalue weighted by atomic mass is 9.85. The van der Waals surface area contributed by atoms with Crippen molar-refractivity contribution in [1.82, 2.24) is 15.5 Å². The van der Waals surface area contributed by atoms with Gasteiger partial charge >= 0.3 is 0 Å². The normalized spacial score (nSPS) is 27.9. The first-order chi connectivity index (χ1) is 18.7. The van der Waals surface area contributed by atoms with Crippen LogP contribution in [0.5, 0.6) is 11.5 Å². The van der Waals surface area contributed by atoms with Gasteiger partial charge in [-0.05, 0) is 62.6 Å². The predicted molar refractivity (Wildman–Crippen MR) is 145 cm³/mol. The van der Waals surface area contributed by atoms with Gasteiger partial charge in [0.1, 0.15) is 17.1 Å². The van der Waals surface area contributed by atoms with E-state index in [2.05, 4.69) is 16.7 Å². The molecule has 5 aliphatic rings. The molecule has 9 heteroatoms. The summed E-state index contributed by atoms with van der Waals surface area (Å²) in [4.78, 5) is 28.7. The van der Waals surface area contributed by atoms with Gasteiger partial charge in [-0.15, -0.1) is 0 Å². The van der Waals surface area contributed by atoms with Crippen LogP contribution < -0.4 is 20.1 Å². The molecule has 2 aromatic carbocycles. The molecule has 3 atom stereocenters. The van der Waals surface area contributed by atoms with E-state index in [9.17, 15) is 9.59 Å². The van der Waals surface area contributed by atoms with Gasteiger partial charge in [0.25, 0.3) is 5.91 Å². The number of hydrogen-bond donors (Lipinski definition) is 3. The van der Waals surface area contributed by atoms with Gasteiger partial charge in [0, 0.05) is 36.1 Å². The highest BCUT2D eigenvalue weighted by Crippen LogP contribution is 2.42. The van der Waals surface area contributed by atoms with Crippen LogP contribution in [0.4, 0.5) is 0 Å². The van der Waals surface area contributed by atoms with Gasteiger partial charge in [0.2, 0.25) is 5.91 Å². The van der Waals surface area contributed by atoms with Crippen molar-refractivity contribution in [2.75, 3.05) is 13.2 Å².